The second-order valence-corrected chi connectivity index (χ2v) is 3.24. The van der Waals surface area contributed by atoms with Crippen LogP contribution >= 0.6 is 0 Å². The smallest absolute Gasteiger partial charge is 0.303 e. The van der Waals surface area contributed by atoms with E-state index in [1.165, 1.54) is 26.2 Å². The predicted molar refractivity (Wildman–Crippen MR) is 54.5 cm³/mol. The van der Waals surface area contributed by atoms with E-state index >= 15 is 0 Å². The number of rotatable bonds is 6. The van der Waals surface area contributed by atoms with Crippen molar-refractivity contribution in [3.05, 3.63) is 12.2 Å². The lowest BCUT2D eigenvalue weighted by Gasteiger charge is -2.05. The first-order valence-electron chi connectivity index (χ1n) is 5.00. The van der Waals surface area contributed by atoms with Crippen LogP contribution < -0.4 is 0 Å². The molecule has 13 heavy (non-hydrogen) atoms. The number of hydrogen-bond donors (Lipinski definition) is 0. The summed E-state index contributed by atoms with van der Waals surface area (Å²) in [6.45, 7) is 5.49. The highest BCUT2D eigenvalue weighted by molar-refractivity contribution is 5.66. The van der Waals surface area contributed by atoms with Crippen LogP contribution in [0.4, 0.5) is 0 Å². The van der Waals surface area contributed by atoms with Crippen LogP contribution in [0, 0.1) is 0 Å². The van der Waals surface area contributed by atoms with E-state index in [4.69, 9.17) is 4.74 Å². The number of allylic oxidation sites excluding steroid dienone is 1. The zero-order valence-electron chi connectivity index (χ0n) is 8.88. The van der Waals surface area contributed by atoms with Gasteiger partial charge in [-0.3, -0.25) is 4.79 Å². The van der Waals surface area contributed by atoms with E-state index in [0.29, 0.717) is 0 Å². The van der Waals surface area contributed by atoms with Crippen molar-refractivity contribution < 1.29 is 9.53 Å². The van der Waals surface area contributed by atoms with E-state index in [0.717, 1.165) is 6.42 Å². The number of carbonyl (C=O) groups excluding carboxylic acids is 1. The molecule has 0 radical (unpaired) electrons. The zero-order chi connectivity index (χ0) is 10.1. The van der Waals surface area contributed by atoms with Crippen molar-refractivity contribution in [3.8, 4) is 0 Å². The SMILES string of the molecule is CCCCC/C=C/[C@H](C)OC(C)=O. The quantitative estimate of drug-likeness (QED) is 0.360. The Morgan fingerprint density at radius 1 is 1.46 bits per heavy atom. The van der Waals surface area contributed by atoms with Gasteiger partial charge >= 0.3 is 5.97 Å². The summed E-state index contributed by atoms with van der Waals surface area (Å²) in [6, 6.07) is 0. The van der Waals surface area contributed by atoms with Gasteiger partial charge in [0.25, 0.3) is 0 Å². The molecule has 0 aromatic rings. The molecule has 0 aliphatic heterocycles. The topological polar surface area (TPSA) is 26.3 Å². The Morgan fingerprint density at radius 2 is 2.15 bits per heavy atom. The van der Waals surface area contributed by atoms with E-state index in [-0.39, 0.29) is 12.1 Å². The molecule has 0 aliphatic carbocycles. The van der Waals surface area contributed by atoms with Crippen molar-refractivity contribution >= 4 is 5.97 Å². The first-order valence-corrected chi connectivity index (χ1v) is 5.00. The normalized spacial score (nSPS) is 13.2. The summed E-state index contributed by atoms with van der Waals surface area (Å²) in [4.78, 5) is 10.5. The molecule has 1 atom stereocenters. The molecule has 0 bridgehead atoms. The molecule has 0 saturated heterocycles. The minimum atomic E-state index is -0.217. The third kappa shape index (κ3) is 9.12. The van der Waals surface area contributed by atoms with Gasteiger partial charge in [-0.05, 0) is 25.8 Å². The molecule has 0 saturated carbocycles. The summed E-state index contributed by atoms with van der Waals surface area (Å²) >= 11 is 0. The lowest BCUT2D eigenvalue weighted by Crippen LogP contribution is -2.08. The zero-order valence-corrected chi connectivity index (χ0v) is 8.88. The molecule has 0 amide bonds. The molecule has 0 unspecified atom stereocenters. The highest BCUT2D eigenvalue weighted by Gasteiger charge is 1.98. The van der Waals surface area contributed by atoms with E-state index in [1.54, 1.807) is 0 Å². The highest BCUT2D eigenvalue weighted by atomic mass is 16.5. The summed E-state index contributed by atoms with van der Waals surface area (Å²) in [5.74, 6) is -0.217. The maximum atomic E-state index is 10.5. The van der Waals surface area contributed by atoms with Crippen molar-refractivity contribution in [2.24, 2.45) is 0 Å². The molecule has 0 heterocycles. The van der Waals surface area contributed by atoms with Crippen LogP contribution in [0.15, 0.2) is 12.2 Å². The average molecular weight is 184 g/mol. The standard InChI is InChI=1S/C11H20O2/c1-4-5-6-7-8-9-10(2)13-11(3)12/h8-10H,4-7H2,1-3H3/b9-8+/t10-/m0/s1. The minimum absolute atomic E-state index is 0.0841. The first-order chi connectivity index (χ1) is 6.16. The Hall–Kier alpha value is -0.790. The van der Waals surface area contributed by atoms with Gasteiger partial charge in [-0.15, -0.1) is 0 Å². The average Bonchev–Trinajstić information content (AvgIpc) is 2.02. The number of carbonyl (C=O) groups is 1. The Bertz CT molecular complexity index is 161. The van der Waals surface area contributed by atoms with Gasteiger partial charge in [0.2, 0.25) is 0 Å². The third-order valence-electron chi connectivity index (χ3n) is 1.73. The third-order valence-corrected chi connectivity index (χ3v) is 1.73. The van der Waals surface area contributed by atoms with Gasteiger partial charge in [-0.25, -0.2) is 0 Å². The fraction of sp³-hybridized carbons (Fsp3) is 0.727. The molecule has 0 aromatic heterocycles. The monoisotopic (exact) mass is 184 g/mol. The molecule has 76 valence electrons. The Labute approximate surface area is 81.0 Å². The maximum absolute atomic E-state index is 10.5. The molecule has 0 fully saturated rings. The van der Waals surface area contributed by atoms with Crippen LogP contribution in [0.2, 0.25) is 0 Å². The second-order valence-electron chi connectivity index (χ2n) is 3.24. The number of hydrogen-bond acceptors (Lipinski definition) is 2. The van der Waals surface area contributed by atoms with Gasteiger partial charge in [0.15, 0.2) is 0 Å². The van der Waals surface area contributed by atoms with Gasteiger partial charge < -0.3 is 4.74 Å². The highest BCUT2D eigenvalue weighted by Crippen LogP contribution is 2.01. The van der Waals surface area contributed by atoms with Crippen molar-refractivity contribution in [1.29, 1.82) is 0 Å². The van der Waals surface area contributed by atoms with Crippen molar-refractivity contribution in [1.82, 2.24) is 0 Å². The lowest BCUT2D eigenvalue weighted by atomic mass is 10.2. The number of ether oxygens (including phenoxy) is 1. The molecule has 2 nitrogen and oxygen atoms in total. The molecule has 0 aliphatic rings. The van der Waals surface area contributed by atoms with E-state index in [9.17, 15) is 4.79 Å². The molecule has 2 heteroatoms. The fourth-order valence-electron chi connectivity index (χ4n) is 1.10. The Morgan fingerprint density at radius 3 is 2.69 bits per heavy atom. The van der Waals surface area contributed by atoms with Gasteiger partial charge in [0.05, 0.1) is 0 Å². The van der Waals surface area contributed by atoms with Gasteiger partial charge in [-0.1, -0.05) is 25.8 Å². The van der Waals surface area contributed by atoms with Crippen LogP contribution in [-0.4, -0.2) is 12.1 Å². The largest absolute Gasteiger partial charge is 0.459 e. The Kier molecular flexibility index (Phi) is 7.36. The van der Waals surface area contributed by atoms with Crippen LogP contribution in [0.3, 0.4) is 0 Å². The first kappa shape index (κ1) is 12.2. The predicted octanol–water partition coefficient (Wildman–Crippen LogP) is 3.07. The van der Waals surface area contributed by atoms with Crippen molar-refractivity contribution in [2.75, 3.05) is 0 Å². The molecule has 0 spiro atoms. The maximum Gasteiger partial charge on any atom is 0.303 e. The van der Waals surface area contributed by atoms with E-state index in [1.807, 2.05) is 13.0 Å². The summed E-state index contributed by atoms with van der Waals surface area (Å²) in [5.41, 5.74) is 0. The summed E-state index contributed by atoms with van der Waals surface area (Å²) in [6.07, 6.45) is 8.76. The van der Waals surface area contributed by atoms with Gasteiger partial charge in [0.1, 0.15) is 6.10 Å². The van der Waals surface area contributed by atoms with Crippen LogP contribution in [0.5, 0.6) is 0 Å². The van der Waals surface area contributed by atoms with Crippen molar-refractivity contribution in [2.45, 2.75) is 52.6 Å². The molecule has 0 rings (SSSR count). The van der Waals surface area contributed by atoms with Gasteiger partial charge in [-0.2, -0.15) is 0 Å². The second kappa shape index (κ2) is 7.84. The number of unbranched alkanes of at least 4 members (excludes halogenated alkanes) is 3. The molecular weight excluding hydrogens is 164 g/mol. The summed E-state index contributed by atoms with van der Waals surface area (Å²) < 4.78 is 4.93. The molecule has 0 aromatic carbocycles. The lowest BCUT2D eigenvalue weighted by molar-refractivity contribution is -0.143. The molecule has 0 N–H and O–H groups in total. The minimum Gasteiger partial charge on any atom is -0.459 e. The van der Waals surface area contributed by atoms with Crippen LogP contribution in [0.25, 0.3) is 0 Å². The number of esters is 1. The Balaban J connectivity index is 3.41. The van der Waals surface area contributed by atoms with E-state index in [2.05, 4.69) is 13.0 Å². The summed E-state index contributed by atoms with van der Waals surface area (Å²) in [5, 5.41) is 0. The molecular formula is C11H20O2. The fourth-order valence-corrected chi connectivity index (χ4v) is 1.10. The van der Waals surface area contributed by atoms with Gasteiger partial charge in [0, 0.05) is 6.92 Å². The van der Waals surface area contributed by atoms with Crippen molar-refractivity contribution in [3.63, 3.8) is 0 Å². The van der Waals surface area contributed by atoms with E-state index < -0.39 is 0 Å². The van der Waals surface area contributed by atoms with Crippen LogP contribution in [-0.2, 0) is 9.53 Å². The summed E-state index contributed by atoms with van der Waals surface area (Å²) in [7, 11) is 0. The van der Waals surface area contributed by atoms with Crippen LogP contribution in [0.1, 0.15) is 46.5 Å².